The Labute approximate surface area is 170 Å². The second-order valence-electron chi connectivity index (χ2n) is 6.13. The molecule has 0 bridgehead atoms. The molecule has 0 aliphatic heterocycles. The number of carbonyl (C=O) groups excluding carboxylic acids is 2. The van der Waals surface area contributed by atoms with Gasteiger partial charge in [-0.3, -0.25) is 9.59 Å². The maximum atomic E-state index is 12.0. The normalized spacial score (nSPS) is 10.4. The number of nitrogens with zero attached hydrogens (tertiary/aromatic N) is 1. The van der Waals surface area contributed by atoms with E-state index in [9.17, 15) is 9.59 Å². The number of hydrogen-bond donors (Lipinski definition) is 2. The van der Waals surface area contributed by atoms with Crippen LogP contribution in [0.2, 0.25) is 0 Å². The molecule has 2 aromatic carbocycles. The second kappa shape index (κ2) is 11.3. The Balaban J connectivity index is 1.87. The van der Waals surface area contributed by atoms with E-state index in [1.54, 1.807) is 31.4 Å². The van der Waals surface area contributed by atoms with Gasteiger partial charge in [0.2, 0.25) is 11.8 Å². The highest BCUT2D eigenvalue weighted by molar-refractivity contribution is 5.94. The van der Waals surface area contributed by atoms with E-state index in [1.165, 1.54) is 6.21 Å². The zero-order valence-electron chi connectivity index (χ0n) is 16.6. The minimum atomic E-state index is -0.363. The molecule has 2 amide bonds. The summed E-state index contributed by atoms with van der Waals surface area (Å²) in [5, 5.41) is 6.74. The van der Waals surface area contributed by atoms with E-state index in [1.807, 2.05) is 31.2 Å². The minimum absolute atomic E-state index is 0.0208. The third-order valence-corrected chi connectivity index (χ3v) is 3.97. The number of rotatable bonds is 10. The first kappa shape index (κ1) is 21.7. The zero-order valence-corrected chi connectivity index (χ0v) is 16.6. The highest BCUT2D eigenvalue weighted by atomic mass is 16.5. The summed E-state index contributed by atoms with van der Waals surface area (Å²) < 4.78 is 10.9. The van der Waals surface area contributed by atoms with Crippen molar-refractivity contribution in [3.8, 4) is 11.5 Å². The lowest BCUT2D eigenvalue weighted by Gasteiger charge is -2.11. The van der Waals surface area contributed by atoms with E-state index in [-0.39, 0.29) is 24.7 Å². The molecule has 0 aliphatic carbocycles. The Morgan fingerprint density at radius 1 is 1.10 bits per heavy atom. The Hall–Kier alpha value is -3.61. The van der Waals surface area contributed by atoms with Gasteiger partial charge in [-0.25, -0.2) is 5.43 Å². The van der Waals surface area contributed by atoms with Crippen LogP contribution in [-0.2, 0) is 9.59 Å². The average molecular weight is 395 g/mol. The summed E-state index contributed by atoms with van der Waals surface area (Å²) in [4.78, 5) is 24.0. The van der Waals surface area contributed by atoms with Gasteiger partial charge in [-0.15, -0.1) is 0 Å². The monoisotopic (exact) mass is 395 g/mol. The molecule has 29 heavy (non-hydrogen) atoms. The number of hydrazone groups is 1. The van der Waals surface area contributed by atoms with Gasteiger partial charge < -0.3 is 14.8 Å². The Kier molecular flexibility index (Phi) is 8.44. The number of aryl methyl sites for hydroxylation is 1. The van der Waals surface area contributed by atoms with Crippen molar-refractivity contribution < 1.29 is 19.1 Å². The van der Waals surface area contributed by atoms with Gasteiger partial charge in [0.15, 0.2) is 11.5 Å². The number of ether oxygens (including phenoxy) is 2. The van der Waals surface area contributed by atoms with Crippen molar-refractivity contribution in [2.45, 2.75) is 19.8 Å². The summed E-state index contributed by atoms with van der Waals surface area (Å²) in [5.41, 5.74) is 4.76. The van der Waals surface area contributed by atoms with Crippen molar-refractivity contribution >= 4 is 23.7 Å². The molecule has 0 heterocycles. The summed E-state index contributed by atoms with van der Waals surface area (Å²) in [6.45, 7) is 5.84. The first-order chi connectivity index (χ1) is 14.0. The van der Waals surface area contributed by atoms with Crippen LogP contribution < -0.4 is 20.2 Å². The van der Waals surface area contributed by atoms with E-state index in [2.05, 4.69) is 22.4 Å². The standard InChI is InChI=1S/C22H25N3O4/c1-4-14-29-22-17(9-7-11-19(22)28-3)15-23-25-21(27)13-12-20(26)24-18-10-6-5-8-16(18)2/h4-11,15H,1,12-14H2,2-3H3,(H,24,26)(H,25,27). The predicted molar refractivity (Wildman–Crippen MR) is 113 cm³/mol. The minimum Gasteiger partial charge on any atom is -0.493 e. The first-order valence-corrected chi connectivity index (χ1v) is 9.13. The van der Waals surface area contributed by atoms with Crippen LogP contribution in [0.5, 0.6) is 11.5 Å². The van der Waals surface area contributed by atoms with Crippen LogP contribution in [0, 0.1) is 6.92 Å². The number of carbonyl (C=O) groups is 2. The SMILES string of the molecule is C=CCOc1c(C=NNC(=O)CCC(=O)Nc2ccccc2C)cccc1OC. The van der Waals surface area contributed by atoms with E-state index in [0.717, 1.165) is 11.3 Å². The fourth-order valence-corrected chi connectivity index (χ4v) is 2.47. The molecule has 7 nitrogen and oxygen atoms in total. The molecule has 0 aliphatic rings. The van der Waals surface area contributed by atoms with Gasteiger partial charge in [0.05, 0.1) is 13.3 Å². The molecular weight excluding hydrogens is 370 g/mol. The van der Waals surface area contributed by atoms with Gasteiger partial charge in [-0.05, 0) is 30.7 Å². The molecule has 2 rings (SSSR count). The third-order valence-electron chi connectivity index (χ3n) is 3.97. The van der Waals surface area contributed by atoms with Crippen molar-refractivity contribution in [1.82, 2.24) is 5.43 Å². The molecular formula is C22H25N3O4. The molecule has 0 saturated heterocycles. The van der Waals surface area contributed by atoms with Crippen molar-refractivity contribution in [3.63, 3.8) is 0 Å². The predicted octanol–water partition coefficient (Wildman–Crippen LogP) is 3.44. The molecule has 2 N–H and O–H groups in total. The number of anilines is 1. The largest absolute Gasteiger partial charge is 0.493 e. The van der Waals surface area contributed by atoms with E-state index in [4.69, 9.17) is 9.47 Å². The molecule has 2 aromatic rings. The summed E-state index contributed by atoms with van der Waals surface area (Å²) in [5.74, 6) is 0.462. The molecule has 0 radical (unpaired) electrons. The van der Waals surface area contributed by atoms with Crippen molar-refractivity contribution in [1.29, 1.82) is 0 Å². The van der Waals surface area contributed by atoms with E-state index >= 15 is 0 Å². The molecule has 152 valence electrons. The van der Waals surface area contributed by atoms with Gasteiger partial charge >= 0.3 is 0 Å². The fourth-order valence-electron chi connectivity index (χ4n) is 2.47. The van der Waals surface area contributed by atoms with Crippen molar-refractivity contribution in [2.75, 3.05) is 19.0 Å². The third kappa shape index (κ3) is 6.80. The molecule has 7 heteroatoms. The fraction of sp³-hybridized carbons (Fsp3) is 0.227. The second-order valence-corrected chi connectivity index (χ2v) is 6.13. The number of benzene rings is 2. The lowest BCUT2D eigenvalue weighted by molar-refractivity contribution is -0.124. The Morgan fingerprint density at radius 3 is 2.59 bits per heavy atom. The van der Waals surface area contributed by atoms with Crippen LogP contribution in [0.1, 0.15) is 24.0 Å². The quantitative estimate of drug-likeness (QED) is 0.366. The van der Waals surface area contributed by atoms with Crippen molar-refractivity contribution in [3.05, 3.63) is 66.2 Å². The molecule has 0 saturated carbocycles. The van der Waals surface area contributed by atoms with Crippen LogP contribution in [0.4, 0.5) is 5.69 Å². The molecule has 0 fully saturated rings. The van der Waals surface area contributed by atoms with Crippen LogP contribution in [0.3, 0.4) is 0 Å². The summed E-state index contributed by atoms with van der Waals surface area (Å²) in [6, 6.07) is 12.8. The summed E-state index contributed by atoms with van der Waals surface area (Å²) >= 11 is 0. The summed E-state index contributed by atoms with van der Waals surface area (Å²) in [7, 11) is 1.54. The van der Waals surface area contributed by atoms with Gasteiger partial charge in [-0.2, -0.15) is 5.10 Å². The van der Waals surface area contributed by atoms with Crippen LogP contribution in [0.25, 0.3) is 0 Å². The smallest absolute Gasteiger partial charge is 0.240 e. The van der Waals surface area contributed by atoms with Gasteiger partial charge in [0.25, 0.3) is 0 Å². The number of hydrogen-bond acceptors (Lipinski definition) is 5. The molecule has 0 atom stereocenters. The Bertz CT molecular complexity index is 893. The van der Waals surface area contributed by atoms with Gasteiger partial charge in [-0.1, -0.05) is 36.9 Å². The summed E-state index contributed by atoms with van der Waals surface area (Å²) in [6.07, 6.45) is 3.17. The number of methoxy groups -OCH3 is 1. The first-order valence-electron chi connectivity index (χ1n) is 9.13. The lowest BCUT2D eigenvalue weighted by atomic mass is 10.2. The zero-order chi connectivity index (χ0) is 21.1. The highest BCUT2D eigenvalue weighted by Crippen LogP contribution is 2.30. The number of amides is 2. The van der Waals surface area contributed by atoms with Crippen LogP contribution >= 0.6 is 0 Å². The topological polar surface area (TPSA) is 89.0 Å². The van der Waals surface area contributed by atoms with Crippen LogP contribution in [-0.4, -0.2) is 31.7 Å². The molecule has 0 unspecified atom stereocenters. The average Bonchev–Trinajstić information content (AvgIpc) is 2.72. The maximum absolute atomic E-state index is 12.0. The van der Waals surface area contributed by atoms with Gasteiger partial charge in [0, 0.05) is 24.1 Å². The maximum Gasteiger partial charge on any atom is 0.240 e. The van der Waals surface area contributed by atoms with Crippen LogP contribution in [0.15, 0.2) is 60.2 Å². The molecule has 0 aromatic heterocycles. The number of para-hydroxylation sites is 2. The number of nitrogens with one attached hydrogen (secondary N) is 2. The van der Waals surface area contributed by atoms with E-state index in [0.29, 0.717) is 23.7 Å². The van der Waals surface area contributed by atoms with Gasteiger partial charge in [0.1, 0.15) is 6.61 Å². The lowest BCUT2D eigenvalue weighted by Crippen LogP contribution is -2.21. The van der Waals surface area contributed by atoms with Crippen molar-refractivity contribution in [2.24, 2.45) is 5.10 Å². The highest BCUT2D eigenvalue weighted by Gasteiger charge is 2.10. The molecule has 0 spiro atoms. The van der Waals surface area contributed by atoms with E-state index < -0.39 is 0 Å². The Morgan fingerprint density at radius 2 is 1.86 bits per heavy atom.